The average Bonchev–Trinajstić information content (AvgIpc) is 2.99. The largest absolute Gasteiger partial charge is 0.379 e. The third kappa shape index (κ3) is 7.21. The molecule has 2 aliphatic heterocycles. The van der Waals surface area contributed by atoms with E-state index < -0.39 is 0 Å². The van der Waals surface area contributed by atoms with Gasteiger partial charge in [0.05, 0.1) is 13.2 Å². The van der Waals surface area contributed by atoms with Crippen molar-refractivity contribution in [3.8, 4) is 0 Å². The highest BCUT2D eigenvalue weighted by molar-refractivity contribution is 14.0. The Balaban J connectivity index is 0.00000312. The molecule has 2 rings (SSSR count). The molecule has 2 unspecified atom stereocenters. The van der Waals surface area contributed by atoms with E-state index >= 15 is 0 Å². The number of ether oxygens (including phenoxy) is 1. The monoisotopic (exact) mass is 466 g/mol. The molecule has 2 saturated heterocycles. The zero-order valence-corrected chi connectivity index (χ0v) is 19.2. The number of likely N-dealkylation sites (tertiary alicyclic amines) is 1. The van der Waals surface area contributed by atoms with E-state index in [4.69, 9.17) is 4.74 Å². The van der Waals surface area contributed by atoms with Crippen LogP contribution in [0.15, 0.2) is 4.99 Å². The first-order chi connectivity index (χ1) is 11.5. The van der Waals surface area contributed by atoms with E-state index in [0.29, 0.717) is 12.0 Å². The second kappa shape index (κ2) is 11.6. The Morgan fingerprint density at radius 1 is 1.16 bits per heavy atom. The van der Waals surface area contributed by atoms with Crippen molar-refractivity contribution in [1.29, 1.82) is 0 Å². The van der Waals surface area contributed by atoms with Gasteiger partial charge in [0.2, 0.25) is 0 Å². The summed E-state index contributed by atoms with van der Waals surface area (Å²) in [4.78, 5) is 9.57. The number of nitrogens with one attached hydrogen (secondary N) is 1. The van der Waals surface area contributed by atoms with Crippen molar-refractivity contribution < 1.29 is 4.74 Å². The molecule has 6 heteroatoms. The van der Waals surface area contributed by atoms with Crippen molar-refractivity contribution in [2.24, 2.45) is 22.7 Å². The Bertz CT molecular complexity index is 397. The quantitative estimate of drug-likeness (QED) is 0.371. The van der Waals surface area contributed by atoms with E-state index in [9.17, 15) is 0 Å². The zero-order chi connectivity index (χ0) is 17.5. The van der Waals surface area contributed by atoms with Crippen molar-refractivity contribution in [2.75, 3.05) is 53.0 Å². The molecular formula is C19H39IN4O. The highest BCUT2D eigenvalue weighted by Gasteiger charge is 2.27. The van der Waals surface area contributed by atoms with Gasteiger partial charge in [0.15, 0.2) is 5.96 Å². The van der Waals surface area contributed by atoms with Crippen LogP contribution in [0.25, 0.3) is 0 Å². The van der Waals surface area contributed by atoms with Crippen LogP contribution < -0.4 is 5.32 Å². The van der Waals surface area contributed by atoms with Crippen molar-refractivity contribution >= 4 is 29.9 Å². The van der Waals surface area contributed by atoms with E-state index in [0.717, 1.165) is 63.7 Å². The minimum atomic E-state index is 0. The lowest BCUT2D eigenvalue weighted by molar-refractivity contribution is 0.00742. The fourth-order valence-corrected chi connectivity index (χ4v) is 4.11. The van der Waals surface area contributed by atoms with Gasteiger partial charge in [0.25, 0.3) is 0 Å². The molecule has 25 heavy (non-hydrogen) atoms. The van der Waals surface area contributed by atoms with Crippen LogP contribution >= 0.6 is 24.0 Å². The van der Waals surface area contributed by atoms with Crippen LogP contribution in [-0.2, 0) is 4.74 Å². The second-order valence-electron chi connectivity index (χ2n) is 8.12. The van der Waals surface area contributed by atoms with E-state index in [1.54, 1.807) is 0 Å². The number of rotatable bonds is 6. The molecule has 0 aromatic rings. The fourth-order valence-electron chi connectivity index (χ4n) is 4.11. The number of aliphatic imine (C=N–C) groups is 1. The lowest BCUT2D eigenvalue weighted by Crippen LogP contribution is -2.53. The molecule has 0 bridgehead atoms. The predicted molar refractivity (Wildman–Crippen MR) is 117 cm³/mol. The van der Waals surface area contributed by atoms with Gasteiger partial charge < -0.3 is 15.0 Å². The molecule has 5 nitrogen and oxygen atoms in total. The standard InChI is InChI=1S/C19H38N4O.HI/c1-15(2)12-17-6-7-23(14-17)19(20-5)21-13-18(16(3)4)22-8-10-24-11-9-22;/h15-18H,6-14H2,1-5H3,(H,20,21);1H. The van der Waals surface area contributed by atoms with E-state index in [1.807, 2.05) is 7.05 Å². The van der Waals surface area contributed by atoms with Crippen molar-refractivity contribution in [3.63, 3.8) is 0 Å². The van der Waals surface area contributed by atoms with Crippen molar-refractivity contribution in [2.45, 2.75) is 46.6 Å². The fraction of sp³-hybridized carbons (Fsp3) is 0.947. The molecule has 148 valence electrons. The maximum Gasteiger partial charge on any atom is 0.193 e. The normalized spacial score (nSPS) is 23.9. The second-order valence-corrected chi connectivity index (χ2v) is 8.12. The van der Waals surface area contributed by atoms with E-state index in [2.05, 4.69) is 47.8 Å². The van der Waals surface area contributed by atoms with Crippen LogP contribution in [0.5, 0.6) is 0 Å². The lowest BCUT2D eigenvalue weighted by Gasteiger charge is -2.37. The number of hydrogen-bond donors (Lipinski definition) is 1. The van der Waals surface area contributed by atoms with Crippen LogP contribution in [0.3, 0.4) is 0 Å². The molecule has 1 N–H and O–H groups in total. The minimum Gasteiger partial charge on any atom is -0.379 e. The summed E-state index contributed by atoms with van der Waals surface area (Å²) in [5.41, 5.74) is 0. The molecule has 0 radical (unpaired) electrons. The Morgan fingerprint density at radius 2 is 1.84 bits per heavy atom. The zero-order valence-electron chi connectivity index (χ0n) is 16.8. The number of nitrogens with zero attached hydrogens (tertiary/aromatic N) is 3. The first-order valence-corrected chi connectivity index (χ1v) is 9.78. The number of morpholine rings is 1. The first kappa shape index (κ1) is 23.0. The molecular weight excluding hydrogens is 427 g/mol. The Hall–Kier alpha value is -0.0800. The molecule has 2 heterocycles. The summed E-state index contributed by atoms with van der Waals surface area (Å²) in [5.74, 6) is 3.32. The first-order valence-electron chi connectivity index (χ1n) is 9.78. The van der Waals surface area contributed by atoms with Crippen LogP contribution in [0.4, 0.5) is 0 Å². The number of hydrogen-bond acceptors (Lipinski definition) is 3. The van der Waals surface area contributed by atoms with Gasteiger partial charge in [0, 0.05) is 45.8 Å². The third-order valence-corrected chi connectivity index (χ3v) is 5.36. The van der Waals surface area contributed by atoms with Gasteiger partial charge in [-0.2, -0.15) is 0 Å². The van der Waals surface area contributed by atoms with E-state index in [1.165, 1.54) is 12.8 Å². The van der Waals surface area contributed by atoms with Crippen LogP contribution in [0.2, 0.25) is 0 Å². The van der Waals surface area contributed by atoms with Gasteiger partial charge in [0.1, 0.15) is 0 Å². The van der Waals surface area contributed by atoms with E-state index in [-0.39, 0.29) is 24.0 Å². The van der Waals surface area contributed by atoms with Gasteiger partial charge >= 0.3 is 0 Å². The molecule has 0 aromatic carbocycles. The van der Waals surface area contributed by atoms with Crippen LogP contribution in [-0.4, -0.2) is 74.8 Å². The summed E-state index contributed by atoms with van der Waals surface area (Å²) in [6, 6.07) is 0.541. The molecule has 0 amide bonds. The summed E-state index contributed by atoms with van der Waals surface area (Å²) in [5, 5.41) is 3.66. The molecule has 0 saturated carbocycles. The molecule has 2 atom stereocenters. The Kier molecular flexibility index (Phi) is 10.6. The topological polar surface area (TPSA) is 40.1 Å². The van der Waals surface area contributed by atoms with Crippen LogP contribution in [0, 0.1) is 17.8 Å². The third-order valence-electron chi connectivity index (χ3n) is 5.36. The van der Waals surface area contributed by atoms with Gasteiger partial charge in [-0.05, 0) is 30.6 Å². The molecule has 0 spiro atoms. The van der Waals surface area contributed by atoms with Gasteiger partial charge in [-0.3, -0.25) is 9.89 Å². The maximum absolute atomic E-state index is 5.51. The summed E-state index contributed by atoms with van der Waals surface area (Å²) in [7, 11) is 1.91. The summed E-state index contributed by atoms with van der Waals surface area (Å²) >= 11 is 0. The highest BCUT2D eigenvalue weighted by Crippen LogP contribution is 2.23. The summed E-state index contributed by atoms with van der Waals surface area (Å²) < 4.78 is 5.51. The molecule has 2 aliphatic rings. The number of guanidine groups is 1. The molecule has 0 aromatic heterocycles. The average molecular weight is 466 g/mol. The molecule has 2 fully saturated rings. The van der Waals surface area contributed by atoms with Crippen molar-refractivity contribution in [3.05, 3.63) is 0 Å². The van der Waals surface area contributed by atoms with Crippen LogP contribution in [0.1, 0.15) is 40.5 Å². The van der Waals surface area contributed by atoms with Gasteiger partial charge in [-0.15, -0.1) is 24.0 Å². The van der Waals surface area contributed by atoms with Gasteiger partial charge in [-0.1, -0.05) is 27.7 Å². The minimum absolute atomic E-state index is 0. The number of halogens is 1. The maximum atomic E-state index is 5.51. The SMILES string of the molecule is CN=C(NCC(C(C)C)N1CCOCC1)N1CCC(CC(C)C)C1.I. The van der Waals surface area contributed by atoms with Crippen molar-refractivity contribution in [1.82, 2.24) is 15.1 Å². The predicted octanol–water partition coefficient (Wildman–Crippen LogP) is 2.90. The smallest absolute Gasteiger partial charge is 0.193 e. The highest BCUT2D eigenvalue weighted by atomic mass is 127. The van der Waals surface area contributed by atoms with Gasteiger partial charge in [-0.25, -0.2) is 0 Å². The summed E-state index contributed by atoms with van der Waals surface area (Å²) in [6.07, 6.45) is 2.63. The Morgan fingerprint density at radius 3 is 2.40 bits per heavy atom. The lowest BCUT2D eigenvalue weighted by atomic mass is 9.97. The molecule has 0 aliphatic carbocycles. The summed E-state index contributed by atoms with van der Waals surface area (Å²) in [6.45, 7) is 16.4. The Labute approximate surface area is 172 Å².